The van der Waals surface area contributed by atoms with Gasteiger partial charge in [-0.1, -0.05) is 17.4 Å². The van der Waals surface area contributed by atoms with Crippen LogP contribution in [0, 0.1) is 0 Å². The smallest absolute Gasteiger partial charge is 0.181 e. The Balaban J connectivity index is 1.77. The van der Waals surface area contributed by atoms with E-state index in [1.165, 1.54) is 36.0 Å². The van der Waals surface area contributed by atoms with Gasteiger partial charge in [0.15, 0.2) is 15.0 Å². The van der Waals surface area contributed by atoms with Crippen LogP contribution in [0.2, 0.25) is 0 Å². The molecule has 0 spiro atoms. The normalized spacial score (nSPS) is 11.9. The Morgan fingerprint density at radius 1 is 0.935 bits per heavy atom. The molecule has 4 N–H and O–H groups in total. The number of pyridine rings is 1. The van der Waals surface area contributed by atoms with Crippen LogP contribution in [0.1, 0.15) is 0 Å². The first kappa shape index (κ1) is 19.3. The average Bonchev–Trinajstić information content (AvgIpc) is 3.11. The molecule has 0 radical (unpaired) electrons. The molecule has 5 rings (SSSR count). The molecule has 0 atom stereocenters. The number of rotatable bonds is 3. The fourth-order valence-corrected chi connectivity index (χ4v) is 5.13. The molecule has 3 aromatic heterocycles. The number of hydrogen-bond donors (Lipinski definition) is 2. The van der Waals surface area contributed by atoms with Crippen LogP contribution >= 0.6 is 11.3 Å². The molecule has 3 heterocycles. The lowest BCUT2D eigenvalue weighted by molar-refractivity contribution is 0.602. The van der Waals surface area contributed by atoms with Gasteiger partial charge in [0.05, 0.1) is 38.0 Å². The Bertz CT molecular complexity index is 1590. The summed E-state index contributed by atoms with van der Waals surface area (Å²) in [7, 11) is -3.47. The van der Waals surface area contributed by atoms with Crippen LogP contribution in [-0.4, -0.2) is 34.6 Å². The third kappa shape index (κ3) is 3.45. The molecular weight excluding hydrogens is 432 g/mol. The molecule has 0 saturated heterocycles. The van der Waals surface area contributed by atoms with Crippen LogP contribution in [0.25, 0.3) is 43.6 Å². The molecular formula is C21H16N6O2S2. The molecule has 0 amide bonds. The number of nitrogen functional groups attached to an aromatic ring is 2. The number of thiazole rings is 1. The van der Waals surface area contributed by atoms with Crippen molar-refractivity contribution in [2.45, 2.75) is 4.90 Å². The predicted molar refractivity (Wildman–Crippen MR) is 123 cm³/mol. The summed E-state index contributed by atoms with van der Waals surface area (Å²) in [4.78, 5) is 17.8. The third-order valence-corrected chi connectivity index (χ3v) is 6.85. The second kappa shape index (κ2) is 6.96. The maximum absolute atomic E-state index is 12.2. The largest absolute Gasteiger partial charge is 0.399 e. The van der Waals surface area contributed by atoms with E-state index < -0.39 is 9.84 Å². The Labute approximate surface area is 181 Å². The fraction of sp³-hybridized carbons (Fsp3) is 0.0476. The van der Waals surface area contributed by atoms with E-state index >= 15 is 0 Å². The van der Waals surface area contributed by atoms with E-state index in [1.807, 2.05) is 24.3 Å². The Morgan fingerprint density at radius 2 is 1.77 bits per heavy atom. The van der Waals surface area contributed by atoms with Crippen molar-refractivity contribution in [1.82, 2.24) is 19.9 Å². The Kier molecular flexibility index (Phi) is 4.34. The highest BCUT2D eigenvalue weighted by Crippen LogP contribution is 2.35. The van der Waals surface area contributed by atoms with Gasteiger partial charge in [-0.3, -0.25) is 9.97 Å². The van der Waals surface area contributed by atoms with Gasteiger partial charge in [0, 0.05) is 35.5 Å². The molecule has 0 bridgehead atoms. The number of sulfone groups is 1. The minimum Gasteiger partial charge on any atom is -0.399 e. The zero-order chi connectivity index (χ0) is 21.8. The van der Waals surface area contributed by atoms with Crippen LogP contribution in [0.15, 0.2) is 59.9 Å². The second-order valence-corrected chi connectivity index (χ2v) is 10.1. The quantitative estimate of drug-likeness (QED) is 0.400. The summed E-state index contributed by atoms with van der Waals surface area (Å²) in [5.41, 5.74) is 17.0. The minimum absolute atomic E-state index is 0.148. The summed E-state index contributed by atoms with van der Waals surface area (Å²) in [6.45, 7) is 0. The summed E-state index contributed by atoms with van der Waals surface area (Å²) in [5.74, 6) is 0. The highest BCUT2D eigenvalue weighted by atomic mass is 32.2. The molecule has 5 aromatic rings. The van der Waals surface area contributed by atoms with Gasteiger partial charge in [-0.15, -0.1) is 0 Å². The molecule has 0 fully saturated rings. The van der Waals surface area contributed by atoms with Gasteiger partial charge in [-0.25, -0.2) is 18.4 Å². The van der Waals surface area contributed by atoms with E-state index in [-0.39, 0.29) is 4.90 Å². The van der Waals surface area contributed by atoms with Crippen LogP contribution in [-0.2, 0) is 9.84 Å². The number of fused-ring (bicyclic) bond motifs is 2. The Hall–Kier alpha value is -3.63. The van der Waals surface area contributed by atoms with Gasteiger partial charge in [-0.2, -0.15) is 0 Å². The number of anilines is 2. The van der Waals surface area contributed by atoms with Crippen molar-refractivity contribution in [2.24, 2.45) is 0 Å². The summed E-state index contributed by atoms with van der Waals surface area (Å²) in [6, 6.07) is 10.8. The second-order valence-electron chi connectivity index (χ2n) is 7.07. The van der Waals surface area contributed by atoms with Crippen LogP contribution < -0.4 is 11.5 Å². The molecule has 31 heavy (non-hydrogen) atoms. The van der Waals surface area contributed by atoms with Crippen LogP contribution in [0.5, 0.6) is 0 Å². The van der Waals surface area contributed by atoms with Gasteiger partial charge in [0.2, 0.25) is 0 Å². The molecule has 0 unspecified atom stereocenters. The standard InChI is InChI=1S/C21H16N6O2S2/c1-31(28,29)19-4-5-24-9-14(19)17-10-25-16-8-12(22)7-13(20(16)26-17)11-2-3-15-18(6-11)30-21(23)27-15/h2-10H,22H2,1H3,(H2,23,27). The number of nitrogens with zero attached hydrogens (tertiary/aromatic N) is 4. The van der Waals surface area contributed by atoms with E-state index in [9.17, 15) is 8.42 Å². The number of nitrogens with two attached hydrogens (primary N) is 2. The third-order valence-electron chi connectivity index (χ3n) is 4.84. The van der Waals surface area contributed by atoms with E-state index in [0.29, 0.717) is 33.1 Å². The lowest BCUT2D eigenvalue weighted by Crippen LogP contribution is -2.02. The van der Waals surface area contributed by atoms with Crippen molar-refractivity contribution in [2.75, 3.05) is 17.7 Å². The first-order chi connectivity index (χ1) is 14.8. The van der Waals surface area contributed by atoms with Crippen molar-refractivity contribution in [1.29, 1.82) is 0 Å². The topological polar surface area (TPSA) is 138 Å². The van der Waals surface area contributed by atoms with Gasteiger partial charge < -0.3 is 11.5 Å². The molecule has 154 valence electrons. The monoisotopic (exact) mass is 448 g/mol. The van der Waals surface area contributed by atoms with Gasteiger partial charge in [-0.05, 0) is 35.9 Å². The lowest BCUT2D eigenvalue weighted by atomic mass is 10.0. The molecule has 8 nitrogen and oxygen atoms in total. The SMILES string of the molecule is CS(=O)(=O)c1ccncc1-c1cnc2cc(N)cc(-c3ccc4nc(N)sc4c3)c2n1. The molecule has 0 saturated carbocycles. The zero-order valence-corrected chi connectivity index (χ0v) is 17.9. The number of hydrogen-bond acceptors (Lipinski definition) is 9. The van der Waals surface area contributed by atoms with Gasteiger partial charge >= 0.3 is 0 Å². The first-order valence-corrected chi connectivity index (χ1v) is 11.9. The van der Waals surface area contributed by atoms with E-state index in [0.717, 1.165) is 27.6 Å². The molecule has 2 aromatic carbocycles. The van der Waals surface area contributed by atoms with Crippen molar-refractivity contribution >= 4 is 53.2 Å². The predicted octanol–water partition coefficient (Wildman–Crippen LogP) is 3.54. The van der Waals surface area contributed by atoms with E-state index in [1.54, 1.807) is 6.07 Å². The molecule has 0 aliphatic rings. The Morgan fingerprint density at radius 3 is 2.58 bits per heavy atom. The molecule has 10 heteroatoms. The summed E-state index contributed by atoms with van der Waals surface area (Å²) in [6.07, 6.45) is 5.61. The van der Waals surface area contributed by atoms with E-state index in [2.05, 4.69) is 15.0 Å². The van der Waals surface area contributed by atoms with Gasteiger partial charge in [0.25, 0.3) is 0 Å². The summed E-state index contributed by atoms with van der Waals surface area (Å²) in [5, 5.41) is 0.497. The number of aromatic nitrogens is 4. The average molecular weight is 449 g/mol. The van der Waals surface area contributed by atoms with Crippen LogP contribution in [0.4, 0.5) is 10.8 Å². The molecule has 0 aliphatic heterocycles. The van der Waals surface area contributed by atoms with Gasteiger partial charge in [0.1, 0.15) is 0 Å². The zero-order valence-electron chi connectivity index (χ0n) is 16.3. The minimum atomic E-state index is -3.47. The van der Waals surface area contributed by atoms with Crippen LogP contribution in [0.3, 0.4) is 0 Å². The maximum Gasteiger partial charge on any atom is 0.181 e. The van der Waals surface area contributed by atoms with Crippen molar-refractivity contribution < 1.29 is 8.42 Å². The fourth-order valence-electron chi connectivity index (χ4n) is 3.49. The summed E-state index contributed by atoms with van der Waals surface area (Å²) >= 11 is 1.40. The van der Waals surface area contributed by atoms with Crippen molar-refractivity contribution in [3.8, 4) is 22.4 Å². The van der Waals surface area contributed by atoms with Crippen molar-refractivity contribution in [3.63, 3.8) is 0 Å². The van der Waals surface area contributed by atoms with Crippen molar-refractivity contribution in [3.05, 3.63) is 55.0 Å². The highest BCUT2D eigenvalue weighted by molar-refractivity contribution is 7.90. The number of benzene rings is 2. The lowest BCUT2D eigenvalue weighted by Gasteiger charge is -2.11. The first-order valence-electron chi connectivity index (χ1n) is 9.17. The molecule has 0 aliphatic carbocycles. The maximum atomic E-state index is 12.2. The van der Waals surface area contributed by atoms with E-state index in [4.69, 9.17) is 16.5 Å². The highest BCUT2D eigenvalue weighted by Gasteiger charge is 2.18. The summed E-state index contributed by atoms with van der Waals surface area (Å²) < 4.78 is 25.4.